The molecule has 2 aromatic carbocycles. The number of furan rings is 1. The molecule has 3 aromatic rings. The summed E-state index contributed by atoms with van der Waals surface area (Å²) in [7, 11) is 0. The van der Waals surface area contributed by atoms with E-state index in [-0.39, 0.29) is 29.3 Å². The van der Waals surface area contributed by atoms with Gasteiger partial charge in [0.15, 0.2) is 5.76 Å². The maximum atomic E-state index is 13.3. The number of ether oxygens (including phenoxy) is 1. The zero-order valence-corrected chi connectivity index (χ0v) is 22.3. The molecule has 1 fully saturated rings. The SMILES string of the molecule is C[C@@H](CNc1ccc(OC(F)F)cc1)NC(=O)C(CC1CCCCC1)NC(=O)c1ccc(-c2ccc(F)cc2)o1. The molecule has 0 radical (unpaired) electrons. The van der Waals surface area contributed by atoms with E-state index in [1.54, 1.807) is 30.3 Å². The first-order valence-electron chi connectivity index (χ1n) is 13.5. The molecule has 0 saturated heterocycles. The lowest BCUT2D eigenvalue weighted by Gasteiger charge is -2.27. The number of hydrogen-bond acceptors (Lipinski definition) is 5. The monoisotopic (exact) mass is 557 g/mol. The lowest BCUT2D eigenvalue weighted by molar-refractivity contribution is -0.124. The van der Waals surface area contributed by atoms with Crippen LogP contribution in [0.2, 0.25) is 0 Å². The van der Waals surface area contributed by atoms with Crippen LogP contribution in [0.25, 0.3) is 11.3 Å². The highest BCUT2D eigenvalue weighted by Crippen LogP contribution is 2.28. The van der Waals surface area contributed by atoms with E-state index in [1.807, 2.05) is 6.92 Å². The van der Waals surface area contributed by atoms with Gasteiger partial charge in [-0.3, -0.25) is 9.59 Å². The standard InChI is InChI=1S/C30H34F3N3O4/c1-19(18-34-23-11-13-24(14-12-23)39-30(32)33)35-28(37)25(17-20-5-3-2-4-6-20)36-29(38)27-16-15-26(40-27)21-7-9-22(31)10-8-21/h7-16,19-20,25,30,34H,2-6,17-18H2,1H3,(H,35,37)(H,36,38)/t19-,25?/m0/s1. The summed E-state index contributed by atoms with van der Waals surface area (Å²) < 4.78 is 48.0. The second kappa shape index (κ2) is 13.9. The first kappa shape index (κ1) is 29.0. The summed E-state index contributed by atoms with van der Waals surface area (Å²) in [6.45, 7) is -0.676. The first-order chi connectivity index (χ1) is 19.3. The van der Waals surface area contributed by atoms with Crippen molar-refractivity contribution < 1.29 is 31.9 Å². The molecule has 214 valence electrons. The largest absolute Gasteiger partial charge is 0.451 e. The predicted molar refractivity (Wildman–Crippen MR) is 146 cm³/mol. The summed E-state index contributed by atoms with van der Waals surface area (Å²) in [6, 6.07) is 14.0. The minimum Gasteiger partial charge on any atom is -0.451 e. The number of anilines is 1. The molecule has 2 atom stereocenters. The molecule has 1 unspecified atom stereocenters. The van der Waals surface area contributed by atoms with Crippen LogP contribution in [0.3, 0.4) is 0 Å². The van der Waals surface area contributed by atoms with Gasteiger partial charge in [-0.2, -0.15) is 8.78 Å². The van der Waals surface area contributed by atoms with E-state index in [9.17, 15) is 22.8 Å². The Balaban J connectivity index is 1.36. The van der Waals surface area contributed by atoms with E-state index in [1.165, 1.54) is 36.8 Å². The third-order valence-corrected chi connectivity index (χ3v) is 6.95. The van der Waals surface area contributed by atoms with E-state index >= 15 is 0 Å². The number of carbonyl (C=O) groups is 2. The molecule has 4 rings (SSSR count). The van der Waals surface area contributed by atoms with E-state index in [0.29, 0.717) is 35.9 Å². The van der Waals surface area contributed by atoms with Crippen LogP contribution in [0, 0.1) is 11.7 Å². The molecule has 2 amide bonds. The molecule has 1 aromatic heterocycles. The number of nitrogens with one attached hydrogen (secondary N) is 3. The second-order valence-corrected chi connectivity index (χ2v) is 10.1. The fraction of sp³-hybridized carbons (Fsp3) is 0.400. The number of alkyl halides is 2. The number of amides is 2. The molecular weight excluding hydrogens is 523 g/mol. The normalized spacial score (nSPS) is 15.3. The Labute approximate surface area is 231 Å². The molecule has 0 spiro atoms. The van der Waals surface area contributed by atoms with E-state index < -0.39 is 18.6 Å². The van der Waals surface area contributed by atoms with Gasteiger partial charge >= 0.3 is 6.61 Å². The van der Waals surface area contributed by atoms with Gasteiger partial charge in [0, 0.05) is 23.8 Å². The van der Waals surface area contributed by atoms with Gasteiger partial charge in [-0.15, -0.1) is 0 Å². The van der Waals surface area contributed by atoms with Crippen LogP contribution < -0.4 is 20.7 Å². The molecule has 0 aliphatic heterocycles. The van der Waals surface area contributed by atoms with Crippen LogP contribution in [0.15, 0.2) is 65.1 Å². The first-order valence-corrected chi connectivity index (χ1v) is 13.5. The lowest BCUT2D eigenvalue weighted by atomic mass is 9.84. The van der Waals surface area contributed by atoms with E-state index in [2.05, 4.69) is 20.7 Å². The number of carbonyl (C=O) groups excluding carboxylic acids is 2. The average Bonchev–Trinajstić information content (AvgIpc) is 3.43. The van der Waals surface area contributed by atoms with Crippen molar-refractivity contribution in [2.24, 2.45) is 5.92 Å². The summed E-state index contributed by atoms with van der Waals surface area (Å²) in [5.41, 5.74) is 1.32. The van der Waals surface area contributed by atoms with Crippen molar-refractivity contribution >= 4 is 17.5 Å². The molecule has 0 bridgehead atoms. The number of halogens is 3. The highest BCUT2D eigenvalue weighted by atomic mass is 19.3. The summed E-state index contributed by atoms with van der Waals surface area (Å²) in [5.74, 6) is -0.281. The van der Waals surface area contributed by atoms with Gasteiger partial charge < -0.3 is 25.1 Å². The molecule has 3 N–H and O–H groups in total. The summed E-state index contributed by atoms with van der Waals surface area (Å²) >= 11 is 0. The zero-order valence-electron chi connectivity index (χ0n) is 22.3. The lowest BCUT2D eigenvalue weighted by Crippen LogP contribution is -2.51. The fourth-order valence-corrected chi connectivity index (χ4v) is 4.87. The Kier molecular flexibility index (Phi) is 10.1. The van der Waals surface area contributed by atoms with Crippen LogP contribution in [0.1, 0.15) is 56.0 Å². The number of rotatable bonds is 12. The van der Waals surface area contributed by atoms with Gasteiger partial charge in [-0.25, -0.2) is 4.39 Å². The Morgan fingerprint density at radius 3 is 2.33 bits per heavy atom. The minimum atomic E-state index is -2.89. The summed E-state index contributed by atoms with van der Waals surface area (Å²) in [4.78, 5) is 26.4. The van der Waals surface area contributed by atoms with Crippen molar-refractivity contribution in [3.8, 4) is 17.1 Å². The second-order valence-electron chi connectivity index (χ2n) is 10.1. The van der Waals surface area contributed by atoms with Crippen LogP contribution >= 0.6 is 0 Å². The molecular formula is C30H34F3N3O4. The minimum absolute atomic E-state index is 0.0598. The maximum absolute atomic E-state index is 13.3. The van der Waals surface area contributed by atoms with Crippen molar-refractivity contribution in [1.82, 2.24) is 10.6 Å². The predicted octanol–water partition coefficient (Wildman–Crippen LogP) is 6.37. The van der Waals surface area contributed by atoms with Crippen LogP contribution in [-0.4, -0.2) is 37.1 Å². The molecule has 1 aliphatic rings. The zero-order chi connectivity index (χ0) is 28.5. The van der Waals surface area contributed by atoms with Crippen molar-refractivity contribution in [2.75, 3.05) is 11.9 Å². The van der Waals surface area contributed by atoms with Gasteiger partial charge in [-0.05, 0) is 79.9 Å². The molecule has 1 heterocycles. The van der Waals surface area contributed by atoms with Gasteiger partial charge in [0.2, 0.25) is 5.91 Å². The third-order valence-electron chi connectivity index (χ3n) is 6.95. The summed E-state index contributed by atoms with van der Waals surface area (Å²) in [5, 5.41) is 8.97. The van der Waals surface area contributed by atoms with E-state index in [0.717, 1.165) is 25.7 Å². The van der Waals surface area contributed by atoms with Crippen LogP contribution in [0.4, 0.5) is 18.9 Å². The number of hydrogen-bond donors (Lipinski definition) is 3. The third kappa shape index (κ3) is 8.53. The van der Waals surface area contributed by atoms with E-state index in [4.69, 9.17) is 4.42 Å². The summed E-state index contributed by atoms with van der Waals surface area (Å²) in [6.07, 6.45) is 5.93. The van der Waals surface area contributed by atoms with Crippen molar-refractivity contribution in [1.29, 1.82) is 0 Å². The maximum Gasteiger partial charge on any atom is 0.387 e. The molecule has 40 heavy (non-hydrogen) atoms. The quantitative estimate of drug-likeness (QED) is 0.241. The molecule has 1 aliphatic carbocycles. The Bertz CT molecular complexity index is 1240. The molecule has 10 heteroatoms. The van der Waals surface area contributed by atoms with Crippen LogP contribution in [0.5, 0.6) is 5.75 Å². The number of benzene rings is 2. The van der Waals surface area contributed by atoms with Gasteiger partial charge in [0.25, 0.3) is 5.91 Å². The molecule has 7 nitrogen and oxygen atoms in total. The van der Waals surface area contributed by atoms with Gasteiger partial charge in [0.1, 0.15) is 23.4 Å². The van der Waals surface area contributed by atoms with Gasteiger partial charge in [0.05, 0.1) is 0 Å². The van der Waals surface area contributed by atoms with Crippen LogP contribution in [-0.2, 0) is 4.79 Å². The Morgan fingerprint density at radius 2 is 1.65 bits per heavy atom. The average molecular weight is 558 g/mol. The van der Waals surface area contributed by atoms with Gasteiger partial charge in [-0.1, -0.05) is 32.1 Å². The Hall–Kier alpha value is -3.95. The topological polar surface area (TPSA) is 92.6 Å². The highest BCUT2D eigenvalue weighted by Gasteiger charge is 2.28. The van der Waals surface area contributed by atoms with Crippen molar-refractivity contribution in [3.63, 3.8) is 0 Å². The van der Waals surface area contributed by atoms with Crippen molar-refractivity contribution in [2.45, 2.75) is 64.1 Å². The van der Waals surface area contributed by atoms with Crippen molar-refractivity contribution in [3.05, 3.63) is 72.2 Å². The highest BCUT2D eigenvalue weighted by molar-refractivity contribution is 5.96. The smallest absolute Gasteiger partial charge is 0.387 e. The molecule has 1 saturated carbocycles. The Morgan fingerprint density at radius 1 is 0.950 bits per heavy atom. The fourth-order valence-electron chi connectivity index (χ4n) is 4.87.